The molecule has 0 N–H and O–H groups in total. The van der Waals surface area contributed by atoms with E-state index in [-0.39, 0.29) is 5.91 Å². The van der Waals surface area contributed by atoms with Gasteiger partial charge in [-0.1, -0.05) is 35.5 Å². The first kappa shape index (κ1) is 13.8. The lowest BCUT2D eigenvalue weighted by Crippen LogP contribution is -2.47. The van der Waals surface area contributed by atoms with Crippen LogP contribution in [0.5, 0.6) is 0 Å². The Morgan fingerprint density at radius 1 is 1.14 bits per heavy atom. The van der Waals surface area contributed by atoms with Gasteiger partial charge in [0.2, 0.25) is 0 Å². The summed E-state index contributed by atoms with van der Waals surface area (Å²) in [5.74, 6) is -0.0255. The number of nitrogens with zero attached hydrogens (tertiary/aromatic N) is 5. The van der Waals surface area contributed by atoms with Crippen LogP contribution in [0.15, 0.2) is 36.5 Å². The maximum Gasteiger partial charge on any atom is 0.276 e. The van der Waals surface area contributed by atoms with Crippen molar-refractivity contribution in [3.8, 4) is 0 Å². The average molecular weight is 285 g/mol. The van der Waals surface area contributed by atoms with Crippen LogP contribution in [0.1, 0.15) is 16.1 Å². The fourth-order valence-electron chi connectivity index (χ4n) is 2.42. The van der Waals surface area contributed by atoms with Crippen molar-refractivity contribution in [3.05, 3.63) is 47.8 Å². The van der Waals surface area contributed by atoms with Crippen LogP contribution >= 0.6 is 0 Å². The van der Waals surface area contributed by atoms with Crippen LogP contribution in [0.2, 0.25) is 0 Å². The van der Waals surface area contributed by atoms with Gasteiger partial charge in [-0.3, -0.25) is 4.79 Å². The summed E-state index contributed by atoms with van der Waals surface area (Å²) in [6.07, 6.45) is 1.73. The molecular formula is C15H19N5O. The third-order valence-electron chi connectivity index (χ3n) is 3.74. The number of benzene rings is 1. The van der Waals surface area contributed by atoms with Crippen molar-refractivity contribution in [2.75, 3.05) is 33.2 Å². The number of aromatic nitrogens is 3. The third-order valence-corrected chi connectivity index (χ3v) is 3.74. The Balaban J connectivity index is 1.66. The van der Waals surface area contributed by atoms with Crippen molar-refractivity contribution in [1.29, 1.82) is 0 Å². The summed E-state index contributed by atoms with van der Waals surface area (Å²) >= 11 is 0. The number of piperazine rings is 1. The Labute approximate surface area is 124 Å². The highest BCUT2D eigenvalue weighted by molar-refractivity contribution is 5.92. The lowest BCUT2D eigenvalue weighted by atomic mass is 10.2. The van der Waals surface area contributed by atoms with E-state index in [0.29, 0.717) is 12.2 Å². The minimum atomic E-state index is -0.0255. The van der Waals surface area contributed by atoms with Gasteiger partial charge in [0.15, 0.2) is 5.69 Å². The molecule has 1 saturated heterocycles. The number of carbonyl (C=O) groups excluding carboxylic acids is 1. The van der Waals surface area contributed by atoms with Crippen LogP contribution in [0.4, 0.5) is 0 Å². The second-order valence-corrected chi connectivity index (χ2v) is 5.38. The van der Waals surface area contributed by atoms with Crippen molar-refractivity contribution >= 4 is 5.91 Å². The molecule has 0 spiro atoms. The molecule has 1 aliphatic heterocycles. The van der Waals surface area contributed by atoms with E-state index in [9.17, 15) is 4.79 Å². The number of likely N-dealkylation sites (N-methyl/N-ethyl adjacent to an activating group) is 1. The Kier molecular flexibility index (Phi) is 3.96. The molecule has 6 heteroatoms. The van der Waals surface area contributed by atoms with Crippen molar-refractivity contribution < 1.29 is 4.79 Å². The predicted octanol–water partition coefficient (Wildman–Crippen LogP) is 0.714. The van der Waals surface area contributed by atoms with Gasteiger partial charge in [-0.05, 0) is 12.6 Å². The predicted molar refractivity (Wildman–Crippen MR) is 79.0 cm³/mol. The lowest BCUT2D eigenvalue weighted by Gasteiger charge is -2.31. The van der Waals surface area contributed by atoms with Gasteiger partial charge in [0.05, 0.1) is 12.7 Å². The summed E-state index contributed by atoms with van der Waals surface area (Å²) in [6.45, 7) is 3.94. The van der Waals surface area contributed by atoms with E-state index in [1.165, 1.54) is 0 Å². The van der Waals surface area contributed by atoms with E-state index in [1.807, 2.05) is 35.2 Å². The van der Waals surface area contributed by atoms with E-state index in [4.69, 9.17) is 0 Å². The standard InChI is InChI=1S/C15H19N5O/c1-18-7-9-19(10-8-18)15(21)14-12-20(17-16-14)11-13-5-3-2-4-6-13/h2-6,12H,7-11H2,1H3. The summed E-state index contributed by atoms with van der Waals surface area (Å²) in [4.78, 5) is 16.4. The fraction of sp³-hybridized carbons (Fsp3) is 0.400. The smallest absolute Gasteiger partial charge is 0.276 e. The van der Waals surface area contributed by atoms with Gasteiger partial charge in [-0.2, -0.15) is 0 Å². The first-order valence-electron chi connectivity index (χ1n) is 7.14. The van der Waals surface area contributed by atoms with Crippen LogP contribution in [0.25, 0.3) is 0 Å². The van der Waals surface area contributed by atoms with Crippen LogP contribution < -0.4 is 0 Å². The largest absolute Gasteiger partial charge is 0.335 e. The highest BCUT2D eigenvalue weighted by Crippen LogP contribution is 2.07. The fourth-order valence-corrected chi connectivity index (χ4v) is 2.42. The summed E-state index contributed by atoms with van der Waals surface area (Å²) in [6, 6.07) is 10.0. The van der Waals surface area contributed by atoms with Gasteiger partial charge in [0.25, 0.3) is 5.91 Å². The molecule has 21 heavy (non-hydrogen) atoms. The van der Waals surface area contributed by atoms with Crippen molar-refractivity contribution in [3.63, 3.8) is 0 Å². The van der Waals surface area contributed by atoms with E-state index < -0.39 is 0 Å². The molecule has 1 aliphatic rings. The van der Waals surface area contributed by atoms with Gasteiger partial charge in [0, 0.05) is 26.2 Å². The molecule has 1 fully saturated rings. The molecule has 6 nitrogen and oxygen atoms in total. The number of amides is 1. The van der Waals surface area contributed by atoms with Gasteiger partial charge in [0.1, 0.15) is 0 Å². The van der Waals surface area contributed by atoms with Gasteiger partial charge in [-0.25, -0.2) is 4.68 Å². The Morgan fingerprint density at radius 2 is 1.86 bits per heavy atom. The molecule has 110 valence electrons. The summed E-state index contributed by atoms with van der Waals surface area (Å²) in [7, 11) is 2.07. The molecular weight excluding hydrogens is 266 g/mol. The summed E-state index contributed by atoms with van der Waals surface area (Å²) < 4.78 is 1.71. The monoisotopic (exact) mass is 285 g/mol. The zero-order valence-corrected chi connectivity index (χ0v) is 12.1. The van der Waals surface area contributed by atoms with E-state index in [1.54, 1.807) is 10.9 Å². The quantitative estimate of drug-likeness (QED) is 0.833. The molecule has 0 bridgehead atoms. The van der Waals surface area contributed by atoms with E-state index >= 15 is 0 Å². The molecule has 2 aromatic rings. The number of hydrogen-bond donors (Lipinski definition) is 0. The minimum absolute atomic E-state index is 0.0255. The second kappa shape index (κ2) is 6.05. The molecule has 1 aromatic heterocycles. The van der Waals surface area contributed by atoms with Crippen LogP contribution in [0.3, 0.4) is 0 Å². The highest BCUT2D eigenvalue weighted by atomic mass is 16.2. The third kappa shape index (κ3) is 3.28. The topological polar surface area (TPSA) is 54.3 Å². The van der Waals surface area contributed by atoms with Gasteiger partial charge >= 0.3 is 0 Å². The van der Waals surface area contributed by atoms with E-state index in [0.717, 1.165) is 31.7 Å². The van der Waals surface area contributed by atoms with Crippen LogP contribution in [0, 0.1) is 0 Å². The van der Waals surface area contributed by atoms with E-state index in [2.05, 4.69) is 22.3 Å². The average Bonchev–Trinajstić information content (AvgIpc) is 2.97. The minimum Gasteiger partial charge on any atom is -0.335 e. The molecule has 1 amide bonds. The molecule has 1 aromatic carbocycles. The molecule has 3 rings (SSSR count). The molecule has 0 radical (unpaired) electrons. The first-order valence-corrected chi connectivity index (χ1v) is 7.14. The maximum atomic E-state index is 12.4. The highest BCUT2D eigenvalue weighted by Gasteiger charge is 2.22. The van der Waals surface area contributed by atoms with Crippen LogP contribution in [-0.2, 0) is 6.54 Å². The number of carbonyl (C=O) groups is 1. The molecule has 0 saturated carbocycles. The zero-order valence-electron chi connectivity index (χ0n) is 12.1. The molecule has 2 heterocycles. The van der Waals surface area contributed by atoms with Crippen molar-refractivity contribution in [2.24, 2.45) is 0 Å². The number of hydrogen-bond acceptors (Lipinski definition) is 4. The summed E-state index contributed by atoms with van der Waals surface area (Å²) in [5, 5.41) is 8.07. The van der Waals surface area contributed by atoms with Gasteiger partial charge in [-0.15, -0.1) is 5.10 Å². The Morgan fingerprint density at radius 3 is 2.57 bits per heavy atom. The molecule has 0 unspecified atom stereocenters. The zero-order chi connectivity index (χ0) is 14.7. The normalized spacial score (nSPS) is 16.1. The first-order chi connectivity index (χ1) is 10.2. The Hall–Kier alpha value is -2.21. The van der Waals surface area contributed by atoms with Gasteiger partial charge < -0.3 is 9.80 Å². The van der Waals surface area contributed by atoms with Crippen molar-refractivity contribution in [2.45, 2.75) is 6.54 Å². The maximum absolute atomic E-state index is 12.4. The molecule has 0 atom stereocenters. The molecule has 0 aliphatic carbocycles. The van der Waals surface area contributed by atoms with Crippen LogP contribution in [-0.4, -0.2) is 63.9 Å². The second-order valence-electron chi connectivity index (χ2n) is 5.38. The number of rotatable bonds is 3. The SMILES string of the molecule is CN1CCN(C(=O)c2cn(Cc3ccccc3)nn2)CC1. The lowest BCUT2D eigenvalue weighted by molar-refractivity contribution is 0.0658. The Bertz CT molecular complexity index is 602. The summed E-state index contributed by atoms with van der Waals surface area (Å²) in [5.41, 5.74) is 1.57. The van der Waals surface area contributed by atoms with Crippen molar-refractivity contribution in [1.82, 2.24) is 24.8 Å².